The van der Waals surface area contributed by atoms with Crippen LogP contribution in [0.25, 0.3) is 16.6 Å². The predicted octanol–water partition coefficient (Wildman–Crippen LogP) is 4.81. The highest BCUT2D eigenvalue weighted by Crippen LogP contribution is 2.61. The molecule has 0 saturated carbocycles. The second kappa shape index (κ2) is 10.7. The number of nitrogen functional groups attached to an aromatic ring is 1. The van der Waals surface area contributed by atoms with Crippen LogP contribution in [0.4, 0.5) is 20.7 Å². The molecule has 0 bridgehead atoms. The maximum Gasteiger partial charge on any atom is 0.328 e. The number of pyridine rings is 1. The van der Waals surface area contributed by atoms with E-state index in [2.05, 4.69) is 20.3 Å². The maximum absolute atomic E-state index is 16.3. The van der Waals surface area contributed by atoms with Gasteiger partial charge < -0.3 is 10.5 Å². The lowest BCUT2D eigenvalue weighted by Crippen LogP contribution is -2.49. The number of imide groups is 1. The summed E-state index contributed by atoms with van der Waals surface area (Å²) in [5.74, 6) is -0.120. The van der Waals surface area contributed by atoms with Crippen molar-refractivity contribution in [3.8, 4) is 5.69 Å². The molecule has 2 atom stereocenters. The number of para-hydroxylation sites is 1. The first-order valence-corrected chi connectivity index (χ1v) is 14.7. The fraction of sp³-hybridized carbons (Fsp3) is 0.375. The molecule has 7 rings (SSSR count). The zero-order valence-corrected chi connectivity index (χ0v) is 24.9. The van der Waals surface area contributed by atoms with E-state index < -0.39 is 23.1 Å². The number of urea groups is 1. The molecular weight excluding hydrogens is 549 g/mol. The van der Waals surface area contributed by atoms with Crippen LogP contribution in [0.5, 0.6) is 0 Å². The van der Waals surface area contributed by atoms with Gasteiger partial charge >= 0.3 is 6.03 Å². The summed E-state index contributed by atoms with van der Waals surface area (Å²) < 4.78 is 24.4. The number of halogens is 1. The van der Waals surface area contributed by atoms with Crippen LogP contribution in [-0.2, 0) is 21.7 Å². The lowest BCUT2D eigenvalue weighted by atomic mass is 9.80. The number of benzene rings is 2. The molecule has 0 radical (unpaired) electrons. The topological polar surface area (TPSA) is 122 Å². The van der Waals surface area contributed by atoms with E-state index in [0.29, 0.717) is 59.7 Å². The number of piperidine rings is 1. The lowest BCUT2D eigenvalue weighted by Gasteiger charge is -2.32. The van der Waals surface area contributed by atoms with Crippen LogP contribution in [0, 0.1) is 12.7 Å². The highest BCUT2D eigenvalue weighted by Gasteiger charge is 2.70. The van der Waals surface area contributed by atoms with Gasteiger partial charge in [0.2, 0.25) is 5.91 Å². The third-order valence-corrected chi connectivity index (χ3v) is 8.67. The minimum Gasteiger partial charge on any atom is -0.383 e. The Kier molecular flexibility index (Phi) is 7.18. The molecule has 3 aliphatic rings. The molecule has 0 spiro atoms. The molecule has 10 nitrogen and oxygen atoms in total. The van der Waals surface area contributed by atoms with E-state index in [1.165, 1.54) is 4.90 Å². The summed E-state index contributed by atoms with van der Waals surface area (Å²) in [7, 11) is 0. The van der Waals surface area contributed by atoms with Crippen LogP contribution in [0.3, 0.4) is 0 Å². The Morgan fingerprint density at radius 2 is 1.88 bits per heavy atom. The zero-order chi connectivity index (χ0) is 30.5. The van der Waals surface area contributed by atoms with Crippen molar-refractivity contribution in [2.24, 2.45) is 0 Å². The number of nitrogens with two attached hydrogens (primary N) is 1. The largest absolute Gasteiger partial charge is 0.383 e. The van der Waals surface area contributed by atoms with Gasteiger partial charge in [0.1, 0.15) is 22.8 Å². The number of anilines is 2. The summed E-state index contributed by atoms with van der Waals surface area (Å²) in [5.41, 5.74) is 9.04. The lowest BCUT2D eigenvalue weighted by molar-refractivity contribution is -0.120. The second-order valence-corrected chi connectivity index (χ2v) is 11.3. The normalized spacial score (nSPS) is 23.4. The van der Waals surface area contributed by atoms with E-state index in [4.69, 9.17) is 10.5 Å². The summed E-state index contributed by atoms with van der Waals surface area (Å²) in [5, 5.41) is 7.13. The van der Waals surface area contributed by atoms with Gasteiger partial charge in [-0.2, -0.15) is 5.10 Å². The number of aryl methyl sites for hydroxylation is 1. The number of carbonyl (C=O) groups excluding carboxylic acids is 2. The molecule has 43 heavy (non-hydrogen) atoms. The SMILES string of the molecule is CC.Cc1nc2ccc(C34CCN(Cc5cnn(-c6ccccc6)c5N)CC3(C)O4)c(F)c2cc1N1CCC(=O)NC1=O. The molecule has 11 heteroatoms. The Labute approximate surface area is 249 Å². The molecule has 3 amide bonds. The molecular formula is C32H36FN7O3. The van der Waals surface area contributed by atoms with Crippen molar-refractivity contribution in [1.82, 2.24) is 25.0 Å². The number of nitrogens with one attached hydrogen (secondary N) is 1. The molecule has 3 saturated heterocycles. The Hall–Kier alpha value is -4.35. The summed E-state index contributed by atoms with van der Waals surface area (Å²) in [6.45, 7) is 9.93. The number of hydrogen-bond acceptors (Lipinski definition) is 7. The van der Waals surface area contributed by atoms with Crippen LogP contribution in [-0.4, -0.2) is 56.8 Å². The second-order valence-electron chi connectivity index (χ2n) is 11.3. The third-order valence-electron chi connectivity index (χ3n) is 8.67. The average Bonchev–Trinajstić information content (AvgIpc) is 3.48. The van der Waals surface area contributed by atoms with Crippen LogP contribution in [0.1, 0.15) is 50.4 Å². The van der Waals surface area contributed by atoms with Crippen molar-refractivity contribution in [2.75, 3.05) is 30.3 Å². The van der Waals surface area contributed by atoms with Gasteiger partial charge in [-0.15, -0.1) is 0 Å². The minimum absolute atomic E-state index is 0.177. The third kappa shape index (κ3) is 4.72. The quantitative estimate of drug-likeness (QED) is 0.322. The molecule has 5 heterocycles. The van der Waals surface area contributed by atoms with E-state index in [1.807, 2.05) is 57.2 Å². The number of likely N-dealkylation sites (tertiary alicyclic amines) is 1. The standard InChI is InChI=1S/C30H30FN7O3.C2H6/c1-18-24(37-12-10-25(39)35-28(37)40)14-21-23(34-18)9-8-22(26(21)31)30-11-13-36(17-29(30,2)41-30)16-19-15-33-38(27(19)32)20-6-4-3-5-7-20;1-2/h3-9,14-15H,10-13,16-17,32H2,1-2H3,(H,35,39,40);1-2H3. The smallest absolute Gasteiger partial charge is 0.328 e. The van der Waals surface area contributed by atoms with Gasteiger partial charge in [0.25, 0.3) is 0 Å². The fourth-order valence-electron chi connectivity index (χ4n) is 6.47. The molecule has 0 aliphatic carbocycles. The van der Waals surface area contributed by atoms with Crippen molar-refractivity contribution in [2.45, 2.75) is 58.3 Å². The summed E-state index contributed by atoms with van der Waals surface area (Å²) in [4.78, 5) is 32.4. The fourth-order valence-corrected chi connectivity index (χ4v) is 6.47. The first kappa shape index (κ1) is 28.8. The number of nitrogens with zero attached hydrogens (tertiary/aromatic N) is 5. The van der Waals surface area contributed by atoms with Gasteiger partial charge in [-0.05, 0) is 44.5 Å². The Bertz CT molecular complexity index is 1730. The molecule has 2 aromatic heterocycles. The van der Waals surface area contributed by atoms with Gasteiger partial charge in [-0.1, -0.05) is 38.1 Å². The average molecular weight is 586 g/mol. The van der Waals surface area contributed by atoms with E-state index in [0.717, 1.165) is 11.3 Å². The summed E-state index contributed by atoms with van der Waals surface area (Å²) >= 11 is 0. The van der Waals surface area contributed by atoms with Gasteiger partial charge in [-0.25, -0.2) is 13.9 Å². The zero-order valence-electron chi connectivity index (χ0n) is 24.9. The van der Waals surface area contributed by atoms with E-state index in [1.54, 1.807) is 29.9 Å². The van der Waals surface area contributed by atoms with E-state index in [9.17, 15) is 9.59 Å². The number of rotatable bonds is 5. The first-order valence-electron chi connectivity index (χ1n) is 14.7. The number of epoxide rings is 1. The molecule has 224 valence electrons. The monoisotopic (exact) mass is 585 g/mol. The van der Waals surface area contributed by atoms with Crippen molar-refractivity contribution < 1.29 is 18.7 Å². The molecule has 3 N–H and O–H groups in total. The van der Waals surface area contributed by atoms with E-state index >= 15 is 4.39 Å². The van der Waals surface area contributed by atoms with Crippen molar-refractivity contribution >= 4 is 34.3 Å². The Morgan fingerprint density at radius 1 is 1.12 bits per heavy atom. The number of hydrogen-bond donors (Lipinski definition) is 2. The highest BCUT2D eigenvalue weighted by atomic mass is 19.1. The van der Waals surface area contributed by atoms with E-state index in [-0.39, 0.29) is 18.9 Å². The highest BCUT2D eigenvalue weighted by molar-refractivity contribution is 6.06. The number of ether oxygens (including phenoxy) is 1. The van der Waals surface area contributed by atoms with Crippen LogP contribution in [0.15, 0.2) is 54.7 Å². The number of amides is 3. The molecule has 3 fully saturated rings. The Balaban J connectivity index is 0.00000161. The van der Waals surface area contributed by atoms with Crippen LogP contribution >= 0.6 is 0 Å². The van der Waals surface area contributed by atoms with Crippen LogP contribution < -0.4 is 16.0 Å². The number of aromatic nitrogens is 3. The summed E-state index contributed by atoms with van der Waals surface area (Å²) in [6.07, 6.45) is 2.59. The summed E-state index contributed by atoms with van der Waals surface area (Å²) in [6, 6.07) is 14.5. The number of carbonyl (C=O) groups is 2. The van der Waals surface area contributed by atoms with Crippen LogP contribution in [0.2, 0.25) is 0 Å². The van der Waals surface area contributed by atoms with Gasteiger partial charge in [0, 0.05) is 49.1 Å². The molecule has 2 aromatic carbocycles. The molecule has 4 aromatic rings. The van der Waals surface area contributed by atoms with Gasteiger partial charge in [-0.3, -0.25) is 24.9 Å². The van der Waals surface area contributed by atoms with Gasteiger partial charge in [0.05, 0.1) is 28.8 Å². The molecule has 3 aliphatic heterocycles. The number of fused-ring (bicyclic) bond motifs is 2. The van der Waals surface area contributed by atoms with Crippen molar-refractivity contribution in [3.63, 3.8) is 0 Å². The predicted molar refractivity (Wildman–Crippen MR) is 162 cm³/mol. The Morgan fingerprint density at radius 3 is 2.60 bits per heavy atom. The van der Waals surface area contributed by atoms with Crippen molar-refractivity contribution in [1.29, 1.82) is 0 Å². The maximum atomic E-state index is 16.3. The minimum atomic E-state index is -0.749. The first-order chi connectivity index (χ1) is 20.7. The van der Waals surface area contributed by atoms with Gasteiger partial charge in [0.15, 0.2) is 0 Å². The molecule has 2 unspecified atom stereocenters. The van der Waals surface area contributed by atoms with Crippen molar-refractivity contribution in [3.05, 3.63) is 77.4 Å².